The number of aromatic nitrogens is 3. The summed E-state index contributed by atoms with van der Waals surface area (Å²) < 4.78 is 12.8. The largest absolute Gasteiger partial charge is 0.355 e. The van der Waals surface area contributed by atoms with Crippen LogP contribution >= 0.6 is 0 Å². The van der Waals surface area contributed by atoms with E-state index in [0.29, 0.717) is 18.8 Å². The molecule has 0 aliphatic carbocycles. The summed E-state index contributed by atoms with van der Waals surface area (Å²) in [6.45, 7) is 2.49. The second-order valence-corrected chi connectivity index (χ2v) is 5.87. The second-order valence-electron chi connectivity index (χ2n) is 5.87. The number of hydrogen-bond donors (Lipinski definition) is 2. The lowest BCUT2D eigenvalue weighted by Gasteiger charge is -2.04. The lowest BCUT2D eigenvalue weighted by Crippen LogP contribution is -2.27. The third kappa shape index (κ3) is 4.73. The summed E-state index contributed by atoms with van der Waals surface area (Å²) >= 11 is 0. The highest BCUT2D eigenvalue weighted by atomic mass is 19.1. The Morgan fingerprint density at radius 1 is 1.12 bits per heavy atom. The Balaban J connectivity index is 1.48. The Labute approximate surface area is 145 Å². The van der Waals surface area contributed by atoms with E-state index in [1.165, 1.54) is 17.7 Å². The van der Waals surface area contributed by atoms with Crippen molar-refractivity contribution in [3.8, 4) is 11.4 Å². The smallest absolute Gasteiger partial charge is 0.224 e. The first-order valence-corrected chi connectivity index (χ1v) is 8.09. The predicted octanol–water partition coefficient (Wildman–Crippen LogP) is 2.82. The molecule has 25 heavy (non-hydrogen) atoms. The monoisotopic (exact) mass is 338 g/mol. The number of carbonyl (C=O) groups excluding carboxylic acids is 1. The van der Waals surface area contributed by atoms with Crippen LogP contribution < -0.4 is 5.32 Å². The molecule has 0 atom stereocenters. The van der Waals surface area contributed by atoms with Gasteiger partial charge in [-0.05, 0) is 24.6 Å². The third-order valence-electron chi connectivity index (χ3n) is 3.80. The molecule has 0 saturated heterocycles. The van der Waals surface area contributed by atoms with Crippen molar-refractivity contribution in [3.63, 3.8) is 0 Å². The highest BCUT2D eigenvalue weighted by molar-refractivity contribution is 5.78. The minimum absolute atomic E-state index is 0.107. The fourth-order valence-corrected chi connectivity index (χ4v) is 2.41. The van der Waals surface area contributed by atoms with Gasteiger partial charge in [-0.3, -0.25) is 9.89 Å². The molecule has 6 heteroatoms. The van der Waals surface area contributed by atoms with Crippen molar-refractivity contribution in [2.45, 2.75) is 19.8 Å². The van der Waals surface area contributed by atoms with E-state index < -0.39 is 0 Å². The van der Waals surface area contributed by atoms with Crippen LogP contribution in [0.25, 0.3) is 11.4 Å². The van der Waals surface area contributed by atoms with E-state index in [1.807, 2.05) is 31.2 Å². The maximum Gasteiger partial charge on any atom is 0.224 e. The summed E-state index contributed by atoms with van der Waals surface area (Å²) in [4.78, 5) is 16.3. The fourth-order valence-electron chi connectivity index (χ4n) is 2.41. The van der Waals surface area contributed by atoms with Gasteiger partial charge in [0.15, 0.2) is 5.82 Å². The second kappa shape index (κ2) is 7.70. The molecule has 0 spiro atoms. The number of rotatable bonds is 6. The summed E-state index contributed by atoms with van der Waals surface area (Å²) in [5.74, 6) is 0.953. The Morgan fingerprint density at radius 3 is 2.56 bits per heavy atom. The molecule has 0 bridgehead atoms. The Bertz CT molecular complexity index is 841. The first kappa shape index (κ1) is 16.8. The molecule has 5 nitrogen and oxygen atoms in total. The summed E-state index contributed by atoms with van der Waals surface area (Å²) in [6, 6.07) is 13.9. The lowest BCUT2D eigenvalue weighted by molar-refractivity contribution is -0.120. The van der Waals surface area contributed by atoms with Crippen LogP contribution in [0.5, 0.6) is 0 Å². The van der Waals surface area contributed by atoms with Gasteiger partial charge < -0.3 is 5.32 Å². The zero-order valence-corrected chi connectivity index (χ0v) is 13.9. The first-order chi connectivity index (χ1) is 12.1. The number of halogens is 1. The maximum absolute atomic E-state index is 12.8. The average molecular weight is 338 g/mol. The number of hydrogen-bond acceptors (Lipinski definition) is 3. The van der Waals surface area contributed by atoms with Crippen LogP contribution in [0.15, 0.2) is 48.5 Å². The number of carbonyl (C=O) groups is 1. The zero-order valence-electron chi connectivity index (χ0n) is 13.9. The summed E-state index contributed by atoms with van der Waals surface area (Å²) in [6.07, 6.45) is 0.791. The van der Waals surface area contributed by atoms with E-state index in [4.69, 9.17) is 0 Å². The minimum atomic E-state index is -0.307. The molecule has 0 aliphatic heterocycles. The van der Waals surface area contributed by atoms with Gasteiger partial charge in [0.25, 0.3) is 0 Å². The van der Waals surface area contributed by atoms with Gasteiger partial charge in [-0.2, -0.15) is 5.10 Å². The molecule has 3 rings (SSSR count). The Morgan fingerprint density at radius 2 is 1.84 bits per heavy atom. The quantitative estimate of drug-likeness (QED) is 0.726. The van der Waals surface area contributed by atoms with Crippen molar-refractivity contribution < 1.29 is 9.18 Å². The number of benzene rings is 2. The average Bonchev–Trinajstić information content (AvgIpc) is 3.06. The topological polar surface area (TPSA) is 70.7 Å². The fraction of sp³-hybridized carbons (Fsp3) is 0.211. The number of aryl methyl sites for hydroxylation is 1. The molecular weight excluding hydrogens is 319 g/mol. The molecular formula is C19H19FN4O. The Hall–Kier alpha value is -3.02. The summed E-state index contributed by atoms with van der Waals surface area (Å²) in [5, 5.41) is 9.93. The predicted molar refractivity (Wildman–Crippen MR) is 93.4 cm³/mol. The molecule has 1 amide bonds. The van der Waals surface area contributed by atoms with Crippen LogP contribution in [0.2, 0.25) is 0 Å². The SMILES string of the molecule is Cc1ccc(-c2n[nH]c(CCNC(=O)Cc3ccc(F)cc3)n2)cc1. The molecule has 3 aromatic rings. The third-order valence-corrected chi connectivity index (χ3v) is 3.80. The highest BCUT2D eigenvalue weighted by Gasteiger charge is 2.07. The molecule has 0 radical (unpaired) electrons. The zero-order chi connectivity index (χ0) is 17.6. The number of aromatic amines is 1. The van der Waals surface area contributed by atoms with E-state index in [9.17, 15) is 9.18 Å². The highest BCUT2D eigenvalue weighted by Crippen LogP contribution is 2.15. The molecule has 0 aliphatic rings. The normalized spacial score (nSPS) is 10.6. The maximum atomic E-state index is 12.8. The van der Waals surface area contributed by atoms with Crippen LogP contribution in [-0.2, 0) is 17.6 Å². The minimum Gasteiger partial charge on any atom is -0.355 e. The van der Waals surface area contributed by atoms with Crippen molar-refractivity contribution >= 4 is 5.91 Å². The first-order valence-electron chi connectivity index (χ1n) is 8.09. The number of H-pyrrole nitrogens is 1. The number of amides is 1. The van der Waals surface area contributed by atoms with Gasteiger partial charge in [-0.25, -0.2) is 9.37 Å². The van der Waals surface area contributed by atoms with E-state index in [2.05, 4.69) is 20.5 Å². The number of nitrogens with one attached hydrogen (secondary N) is 2. The van der Waals surface area contributed by atoms with Crippen molar-refractivity contribution in [1.82, 2.24) is 20.5 Å². The van der Waals surface area contributed by atoms with Gasteiger partial charge in [0.2, 0.25) is 5.91 Å². The van der Waals surface area contributed by atoms with Crippen molar-refractivity contribution in [3.05, 3.63) is 71.3 Å². The molecule has 2 N–H and O–H groups in total. The van der Waals surface area contributed by atoms with Gasteiger partial charge >= 0.3 is 0 Å². The van der Waals surface area contributed by atoms with Crippen molar-refractivity contribution in [2.75, 3.05) is 6.54 Å². The van der Waals surface area contributed by atoms with E-state index in [0.717, 1.165) is 17.0 Å². The summed E-state index contributed by atoms with van der Waals surface area (Å²) in [5.41, 5.74) is 2.91. The van der Waals surface area contributed by atoms with E-state index >= 15 is 0 Å². The van der Waals surface area contributed by atoms with Crippen LogP contribution in [0.3, 0.4) is 0 Å². The van der Waals surface area contributed by atoms with E-state index in [1.54, 1.807) is 12.1 Å². The number of nitrogens with zero attached hydrogens (tertiary/aromatic N) is 2. The molecule has 2 aromatic carbocycles. The van der Waals surface area contributed by atoms with Gasteiger partial charge in [-0.1, -0.05) is 42.0 Å². The van der Waals surface area contributed by atoms with Crippen LogP contribution in [-0.4, -0.2) is 27.6 Å². The molecule has 1 heterocycles. The molecule has 1 aromatic heterocycles. The van der Waals surface area contributed by atoms with Crippen LogP contribution in [0.1, 0.15) is 17.0 Å². The van der Waals surface area contributed by atoms with Gasteiger partial charge in [-0.15, -0.1) is 0 Å². The van der Waals surface area contributed by atoms with Crippen LogP contribution in [0.4, 0.5) is 4.39 Å². The lowest BCUT2D eigenvalue weighted by atomic mass is 10.1. The molecule has 0 unspecified atom stereocenters. The van der Waals surface area contributed by atoms with Crippen LogP contribution in [0, 0.1) is 12.7 Å². The molecule has 128 valence electrons. The van der Waals surface area contributed by atoms with E-state index in [-0.39, 0.29) is 18.1 Å². The standard InChI is InChI=1S/C19H19FN4O/c1-13-2-6-15(7-3-13)19-22-17(23-24-19)10-11-21-18(25)12-14-4-8-16(20)9-5-14/h2-9H,10-12H2,1H3,(H,21,25)(H,22,23,24). The summed E-state index contributed by atoms with van der Waals surface area (Å²) in [7, 11) is 0. The van der Waals surface area contributed by atoms with Gasteiger partial charge in [0, 0.05) is 18.5 Å². The molecule has 0 fully saturated rings. The van der Waals surface area contributed by atoms with Gasteiger partial charge in [0.05, 0.1) is 6.42 Å². The van der Waals surface area contributed by atoms with Crippen molar-refractivity contribution in [1.29, 1.82) is 0 Å². The van der Waals surface area contributed by atoms with Gasteiger partial charge in [0.1, 0.15) is 11.6 Å². The molecule has 0 saturated carbocycles. The Kier molecular flexibility index (Phi) is 5.18. The van der Waals surface area contributed by atoms with Crippen molar-refractivity contribution in [2.24, 2.45) is 0 Å².